The molecule has 1 aliphatic rings. The number of halogens is 2. The molecule has 0 saturated carbocycles. The van der Waals surface area contributed by atoms with E-state index in [1.807, 2.05) is 0 Å². The first kappa shape index (κ1) is 18.5. The quantitative estimate of drug-likeness (QED) is 0.849. The Kier molecular flexibility index (Phi) is 5.40. The van der Waals surface area contributed by atoms with Crippen molar-refractivity contribution < 1.29 is 19.5 Å². The molecule has 1 aromatic rings. The van der Waals surface area contributed by atoms with Crippen molar-refractivity contribution in [3.05, 3.63) is 33.8 Å². The van der Waals surface area contributed by atoms with E-state index in [4.69, 9.17) is 23.2 Å². The summed E-state index contributed by atoms with van der Waals surface area (Å²) in [5.74, 6) is -1.77. The first-order valence-corrected chi connectivity index (χ1v) is 8.18. The zero-order chi connectivity index (χ0) is 18.1. The number of benzene rings is 1. The lowest BCUT2D eigenvalue weighted by Gasteiger charge is -2.23. The zero-order valence-electron chi connectivity index (χ0n) is 13.3. The molecule has 0 aliphatic carbocycles. The minimum atomic E-state index is -0.949. The van der Waals surface area contributed by atoms with Gasteiger partial charge in [-0.2, -0.15) is 0 Å². The van der Waals surface area contributed by atoms with Crippen LogP contribution < -0.4 is 5.32 Å². The molecule has 1 heterocycles. The van der Waals surface area contributed by atoms with Crippen LogP contribution in [0, 0.1) is 5.41 Å². The largest absolute Gasteiger partial charge is 0.481 e. The third-order valence-corrected chi connectivity index (χ3v) is 5.03. The SMILES string of the molecule is CC(NC(=O)c1cccc(Cl)c1Cl)C(=O)N1CCC(C)(C(=O)O)C1. The van der Waals surface area contributed by atoms with Crippen molar-refractivity contribution in [3.8, 4) is 0 Å². The van der Waals surface area contributed by atoms with Crippen molar-refractivity contribution in [2.24, 2.45) is 5.41 Å². The highest BCUT2D eigenvalue weighted by Crippen LogP contribution is 2.30. The topological polar surface area (TPSA) is 86.7 Å². The average Bonchev–Trinajstić information content (AvgIpc) is 2.93. The van der Waals surface area contributed by atoms with Crippen LogP contribution in [0.2, 0.25) is 10.0 Å². The van der Waals surface area contributed by atoms with Crippen LogP contribution in [0.1, 0.15) is 30.6 Å². The van der Waals surface area contributed by atoms with Crippen LogP contribution in [-0.2, 0) is 9.59 Å². The molecule has 0 spiro atoms. The molecule has 1 aliphatic heterocycles. The molecule has 1 saturated heterocycles. The first-order valence-electron chi connectivity index (χ1n) is 7.43. The number of hydrogen-bond acceptors (Lipinski definition) is 3. The molecule has 2 unspecified atom stereocenters. The summed E-state index contributed by atoms with van der Waals surface area (Å²) in [5, 5.41) is 12.2. The minimum absolute atomic E-state index is 0.121. The van der Waals surface area contributed by atoms with Gasteiger partial charge in [-0.25, -0.2) is 0 Å². The van der Waals surface area contributed by atoms with Gasteiger partial charge in [0.2, 0.25) is 5.91 Å². The van der Waals surface area contributed by atoms with Crippen LogP contribution in [0.4, 0.5) is 0 Å². The van der Waals surface area contributed by atoms with E-state index in [-0.39, 0.29) is 28.1 Å². The second-order valence-electron chi connectivity index (χ2n) is 6.17. The zero-order valence-corrected chi connectivity index (χ0v) is 14.8. The molecule has 2 N–H and O–H groups in total. The number of aliphatic carboxylic acids is 1. The number of carbonyl (C=O) groups is 3. The van der Waals surface area contributed by atoms with Crippen molar-refractivity contribution in [3.63, 3.8) is 0 Å². The second kappa shape index (κ2) is 6.99. The summed E-state index contributed by atoms with van der Waals surface area (Å²) >= 11 is 11.9. The smallest absolute Gasteiger partial charge is 0.311 e. The predicted molar refractivity (Wildman–Crippen MR) is 90.3 cm³/mol. The maximum absolute atomic E-state index is 12.4. The van der Waals surface area contributed by atoms with Crippen LogP contribution in [-0.4, -0.2) is 46.9 Å². The number of rotatable bonds is 4. The molecule has 2 atom stereocenters. The van der Waals surface area contributed by atoms with Gasteiger partial charge >= 0.3 is 5.97 Å². The predicted octanol–water partition coefficient (Wildman–Crippen LogP) is 2.43. The summed E-state index contributed by atoms with van der Waals surface area (Å²) in [7, 11) is 0. The van der Waals surface area contributed by atoms with Crippen molar-refractivity contribution in [2.45, 2.75) is 26.3 Å². The molecule has 2 amide bonds. The Morgan fingerprint density at radius 3 is 2.58 bits per heavy atom. The van der Waals surface area contributed by atoms with E-state index in [9.17, 15) is 19.5 Å². The maximum Gasteiger partial charge on any atom is 0.311 e. The summed E-state index contributed by atoms with van der Waals surface area (Å²) in [6.45, 7) is 3.63. The fourth-order valence-corrected chi connectivity index (χ4v) is 3.00. The van der Waals surface area contributed by atoms with Gasteiger partial charge in [-0.15, -0.1) is 0 Å². The third kappa shape index (κ3) is 3.65. The lowest BCUT2D eigenvalue weighted by molar-refractivity contribution is -0.147. The third-order valence-electron chi connectivity index (χ3n) is 4.22. The fraction of sp³-hybridized carbons (Fsp3) is 0.438. The molecule has 1 fully saturated rings. The number of nitrogens with one attached hydrogen (secondary N) is 1. The Morgan fingerprint density at radius 2 is 2.00 bits per heavy atom. The molecule has 130 valence electrons. The highest BCUT2D eigenvalue weighted by atomic mass is 35.5. The van der Waals surface area contributed by atoms with E-state index >= 15 is 0 Å². The number of carboxylic acid groups (broad SMARTS) is 1. The van der Waals surface area contributed by atoms with Crippen molar-refractivity contribution >= 4 is 41.0 Å². The van der Waals surface area contributed by atoms with Gasteiger partial charge in [0.15, 0.2) is 0 Å². The summed E-state index contributed by atoms with van der Waals surface area (Å²) < 4.78 is 0. The van der Waals surface area contributed by atoms with Crippen LogP contribution in [0.15, 0.2) is 18.2 Å². The summed E-state index contributed by atoms with van der Waals surface area (Å²) in [6, 6.07) is 3.86. The van der Waals surface area contributed by atoms with E-state index in [0.717, 1.165) is 0 Å². The fourth-order valence-electron chi connectivity index (χ4n) is 2.61. The molecule has 0 aromatic heterocycles. The number of carboxylic acids is 1. The average molecular weight is 373 g/mol. The molecule has 2 rings (SSSR count). The van der Waals surface area contributed by atoms with Crippen molar-refractivity contribution in [1.29, 1.82) is 0 Å². The highest BCUT2D eigenvalue weighted by molar-refractivity contribution is 6.43. The van der Waals surface area contributed by atoms with Crippen molar-refractivity contribution in [2.75, 3.05) is 13.1 Å². The Labute approximate surface area is 149 Å². The van der Waals surface area contributed by atoms with Gasteiger partial charge in [-0.3, -0.25) is 14.4 Å². The summed E-state index contributed by atoms with van der Waals surface area (Å²) in [6.07, 6.45) is 0.384. The molecule has 0 radical (unpaired) electrons. The maximum atomic E-state index is 12.4. The Bertz CT molecular complexity index is 695. The van der Waals surface area contributed by atoms with Gasteiger partial charge in [0.1, 0.15) is 6.04 Å². The van der Waals surface area contributed by atoms with Crippen molar-refractivity contribution in [1.82, 2.24) is 10.2 Å². The van der Waals surface area contributed by atoms with Gasteiger partial charge < -0.3 is 15.3 Å². The lowest BCUT2D eigenvalue weighted by atomic mass is 9.90. The summed E-state index contributed by atoms with van der Waals surface area (Å²) in [5.41, 5.74) is -0.768. The monoisotopic (exact) mass is 372 g/mol. The van der Waals surface area contributed by atoms with E-state index in [0.29, 0.717) is 13.0 Å². The van der Waals surface area contributed by atoms with Gasteiger partial charge in [0.05, 0.1) is 21.0 Å². The minimum Gasteiger partial charge on any atom is -0.481 e. The second-order valence-corrected chi connectivity index (χ2v) is 6.96. The molecule has 0 bridgehead atoms. The van der Waals surface area contributed by atoms with E-state index in [1.54, 1.807) is 26.0 Å². The lowest BCUT2D eigenvalue weighted by Crippen LogP contribution is -2.47. The van der Waals surface area contributed by atoms with E-state index in [2.05, 4.69) is 5.32 Å². The van der Waals surface area contributed by atoms with Gasteiger partial charge in [0, 0.05) is 13.1 Å². The van der Waals surface area contributed by atoms with Crippen LogP contribution in [0.3, 0.4) is 0 Å². The molecule has 8 heteroatoms. The van der Waals surface area contributed by atoms with Gasteiger partial charge in [0.25, 0.3) is 5.91 Å². The standard InChI is InChI=1S/C16H18Cl2N2O4/c1-9(14(22)20-7-6-16(2,8-20)15(23)24)19-13(21)10-4-3-5-11(17)12(10)18/h3-5,9H,6-8H2,1-2H3,(H,19,21)(H,23,24). The van der Waals surface area contributed by atoms with E-state index < -0.39 is 23.3 Å². The van der Waals surface area contributed by atoms with Crippen LogP contribution in [0.25, 0.3) is 0 Å². The number of amides is 2. The summed E-state index contributed by atoms with van der Waals surface area (Å²) in [4.78, 5) is 37.4. The van der Waals surface area contributed by atoms with E-state index in [1.165, 1.54) is 11.0 Å². The Hall–Kier alpha value is -1.79. The molecular weight excluding hydrogens is 355 g/mol. The number of carbonyl (C=O) groups excluding carboxylic acids is 2. The normalized spacial score (nSPS) is 21.4. The van der Waals surface area contributed by atoms with Gasteiger partial charge in [-0.1, -0.05) is 29.3 Å². The molecule has 1 aromatic carbocycles. The molecule has 24 heavy (non-hydrogen) atoms. The molecular formula is C16H18Cl2N2O4. The Morgan fingerprint density at radius 1 is 1.33 bits per heavy atom. The van der Waals surface area contributed by atoms with Crippen LogP contribution >= 0.6 is 23.2 Å². The Balaban J connectivity index is 2.03. The molecule has 6 nitrogen and oxygen atoms in total. The number of hydrogen-bond donors (Lipinski definition) is 2. The van der Waals surface area contributed by atoms with Crippen LogP contribution in [0.5, 0.6) is 0 Å². The van der Waals surface area contributed by atoms with Gasteiger partial charge in [-0.05, 0) is 32.4 Å². The first-order chi connectivity index (χ1) is 11.2. The number of likely N-dealkylation sites (tertiary alicyclic amines) is 1. The highest BCUT2D eigenvalue weighted by Gasteiger charge is 2.43. The number of nitrogens with zero attached hydrogens (tertiary/aromatic N) is 1.